The van der Waals surface area contributed by atoms with Crippen LogP contribution in [0.15, 0.2) is 48.7 Å². The summed E-state index contributed by atoms with van der Waals surface area (Å²) in [5.41, 5.74) is 2.25. The molecule has 1 amide bonds. The molecule has 1 aromatic carbocycles. The average Bonchev–Trinajstić information content (AvgIpc) is 3.40. The third-order valence-electron chi connectivity index (χ3n) is 6.25. The predicted molar refractivity (Wildman–Crippen MR) is 143 cm³/mol. The molecule has 2 aromatic heterocycles. The normalized spacial score (nSPS) is 15.4. The Labute approximate surface area is 216 Å². The van der Waals surface area contributed by atoms with Gasteiger partial charge in [-0.05, 0) is 87.2 Å². The quantitative estimate of drug-likeness (QED) is 0.321. The Kier molecular flexibility index (Phi) is 8.35. The number of carbonyl (C=O) groups excluding carboxylic acids is 1. The Morgan fingerprint density at radius 2 is 2.08 bits per heavy atom. The van der Waals surface area contributed by atoms with Gasteiger partial charge in [0, 0.05) is 36.1 Å². The lowest BCUT2D eigenvalue weighted by Crippen LogP contribution is -2.28. The summed E-state index contributed by atoms with van der Waals surface area (Å²) >= 11 is 0. The van der Waals surface area contributed by atoms with Gasteiger partial charge in [0.25, 0.3) is 5.91 Å². The molecule has 1 aliphatic heterocycles. The molecular formula is C28H34FN5O3. The number of ether oxygens (including phenoxy) is 1. The summed E-state index contributed by atoms with van der Waals surface area (Å²) < 4.78 is 20.4. The number of halogens is 1. The molecule has 4 rings (SSSR count). The molecule has 0 saturated carbocycles. The molecule has 1 aliphatic rings. The Bertz CT molecular complexity index is 1240. The van der Waals surface area contributed by atoms with Crippen molar-refractivity contribution in [1.29, 1.82) is 0 Å². The van der Waals surface area contributed by atoms with Gasteiger partial charge in [-0.15, -0.1) is 0 Å². The Balaban J connectivity index is 1.59. The van der Waals surface area contributed by atoms with Crippen molar-refractivity contribution >= 4 is 17.4 Å². The van der Waals surface area contributed by atoms with E-state index in [2.05, 4.69) is 25.9 Å². The number of pyridine rings is 2. The maximum Gasteiger partial charge on any atom is 0.255 e. The van der Waals surface area contributed by atoms with Crippen LogP contribution in [0.4, 0.5) is 15.9 Å². The number of aliphatic hydroxyl groups is 1. The molecule has 9 heteroatoms. The van der Waals surface area contributed by atoms with E-state index in [0.29, 0.717) is 42.1 Å². The molecule has 0 spiro atoms. The average molecular weight is 508 g/mol. The predicted octanol–water partition coefficient (Wildman–Crippen LogP) is 4.44. The van der Waals surface area contributed by atoms with Gasteiger partial charge in [-0.25, -0.2) is 4.39 Å². The fourth-order valence-corrected chi connectivity index (χ4v) is 4.21. The third-order valence-corrected chi connectivity index (χ3v) is 6.25. The van der Waals surface area contributed by atoms with E-state index in [1.54, 1.807) is 6.07 Å². The van der Waals surface area contributed by atoms with Crippen LogP contribution in [0.3, 0.4) is 0 Å². The number of aryl methyl sites for hydroxylation is 1. The van der Waals surface area contributed by atoms with Crippen molar-refractivity contribution in [2.75, 3.05) is 36.9 Å². The second-order valence-corrected chi connectivity index (χ2v) is 9.72. The Hall–Kier alpha value is -3.56. The van der Waals surface area contributed by atoms with Crippen molar-refractivity contribution in [1.82, 2.24) is 15.3 Å². The largest absolute Gasteiger partial charge is 0.476 e. The van der Waals surface area contributed by atoms with Gasteiger partial charge in [0.2, 0.25) is 5.88 Å². The zero-order chi connectivity index (χ0) is 26.4. The third kappa shape index (κ3) is 7.02. The minimum absolute atomic E-state index is 0.0229. The standard InChI is InChI=1S/C28H34FN5O3/c1-18-6-7-21(33-27(36)19-8-10-31-24(13-19)28(2,3)29)16-23(18)20-14-25(32-11-12-35)34-26(15-20)37-17-22-5-4-9-30-22/h6-8,10,13-16,22,30,35H,4-5,9,11-12,17H2,1-3H3,(H,32,34)(H,33,36)/t22-/m1/s1. The molecule has 0 unspecified atom stereocenters. The van der Waals surface area contributed by atoms with Crippen LogP contribution in [0.5, 0.6) is 5.88 Å². The van der Waals surface area contributed by atoms with E-state index in [-0.39, 0.29) is 18.2 Å². The number of anilines is 2. The van der Waals surface area contributed by atoms with Crippen molar-refractivity contribution in [2.45, 2.75) is 45.3 Å². The number of aliphatic hydroxyl groups excluding tert-OH is 1. The number of hydrogen-bond acceptors (Lipinski definition) is 7. The molecular weight excluding hydrogens is 473 g/mol. The molecule has 3 aromatic rings. The highest BCUT2D eigenvalue weighted by atomic mass is 19.1. The maximum atomic E-state index is 14.3. The van der Waals surface area contributed by atoms with E-state index in [1.807, 2.05) is 37.3 Å². The molecule has 3 heterocycles. The highest BCUT2D eigenvalue weighted by molar-refractivity contribution is 6.04. The van der Waals surface area contributed by atoms with Gasteiger partial charge in [0.1, 0.15) is 18.1 Å². The Morgan fingerprint density at radius 3 is 2.81 bits per heavy atom. The number of nitrogens with zero attached hydrogens (tertiary/aromatic N) is 2. The van der Waals surface area contributed by atoms with E-state index < -0.39 is 5.67 Å². The fraction of sp³-hybridized carbons (Fsp3) is 0.393. The van der Waals surface area contributed by atoms with E-state index in [4.69, 9.17) is 4.74 Å². The first-order valence-corrected chi connectivity index (χ1v) is 12.5. The highest BCUT2D eigenvalue weighted by Gasteiger charge is 2.22. The van der Waals surface area contributed by atoms with Crippen molar-refractivity contribution < 1.29 is 19.0 Å². The maximum absolute atomic E-state index is 14.3. The lowest BCUT2D eigenvalue weighted by Gasteiger charge is -2.16. The molecule has 196 valence electrons. The van der Waals surface area contributed by atoms with E-state index in [0.717, 1.165) is 36.1 Å². The van der Waals surface area contributed by atoms with Gasteiger partial charge in [-0.1, -0.05) is 6.07 Å². The van der Waals surface area contributed by atoms with Crippen LogP contribution in [-0.2, 0) is 5.67 Å². The minimum atomic E-state index is -1.65. The molecule has 0 bridgehead atoms. The highest BCUT2D eigenvalue weighted by Crippen LogP contribution is 2.31. The topological polar surface area (TPSA) is 108 Å². The molecule has 4 N–H and O–H groups in total. The van der Waals surface area contributed by atoms with E-state index >= 15 is 0 Å². The van der Waals surface area contributed by atoms with Crippen LogP contribution in [0.2, 0.25) is 0 Å². The van der Waals surface area contributed by atoms with Gasteiger partial charge in [-0.3, -0.25) is 9.78 Å². The number of aromatic nitrogens is 2. The molecule has 1 saturated heterocycles. The summed E-state index contributed by atoms with van der Waals surface area (Å²) in [6, 6.07) is 12.7. The first kappa shape index (κ1) is 26.5. The van der Waals surface area contributed by atoms with Crippen LogP contribution < -0.4 is 20.7 Å². The molecule has 8 nitrogen and oxygen atoms in total. The molecule has 0 radical (unpaired) electrons. The summed E-state index contributed by atoms with van der Waals surface area (Å²) in [6.45, 7) is 6.66. The lowest BCUT2D eigenvalue weighted by atomic mass is 10.00. The Morgan fingerprint density at radius 1 is 1.24 bits per heavy atom. The van der Waals surface area contributed by atoms with Gasteiger partial charge in [0.05, 0.1) is 12.3 Å². The van der Waals surface area contributed by atoms with Crippen molar-refractivity contribution in [3.05, 3.63) is 65.5 Å². The minimum Gasteiger partial charge on any atom is -0.476 e. The van der Waals surface area contributed by atoms with Crippen LogP contribution in [0, 0.1) is 6.92 Å². The van der Waals surface area contributed by atoms with Crippen molar-refractivity contribution in [3.63, 3.8) is 0 Å². The number of alkyl halides is 1. The summed E-state index contributed by atoms with van der Waals surface area (Å²) in [6.07, 6.45) is 3.64. The number of hydrogen-bond donors (Lipinski definition) is 4. The summed E-state index contributed by atoms with van der Waals surface area (Å²) in [7, 11) is 0. The first-order valence-electron chi connectivity index (χ1n) is 12.5. The summed E-state index contributed by atoms with van der Waals surface area (Å²) in [5, 5.41) is 18.7. The number of carbonyl (C=O) groups is 1. The number of benzene rings is 1. The number of amides is 1. The summed E-state index contributed by atoms with van der Waals surface area (Å²) in [5.74, 6) is 0.724. The number of nitrogens with one attached hydrogen (secondary N) is 3. The van der Waals surface area contributed by atoms with Crippen molar-refractivity contribution in [2.24, 2.45) is 0 Å². The van der Waals surface area contributed by atoms with Gasteiger partial charge in [-0.2, -0.15) is 4.98 Å². The van der Waals surface area contributed by atoms with Gasteiger partial charge < -0.3 is 25.8 Å². The van der Waals surface area contributed by atoms with Gasteiger partial charge in [0.15, 0.2) is 0 Å². The molecule has 1 fully saturated rings. The zero-order valence-electron chi connectivity index (χ0n) is 21.5. The fourth-order valence-electron chi connectivity index (χ4n) is 4.21. The molecule has 0 aliphatic carbocycles. The first-order chi connectivity index (χ1) is 17.7. The van der Waals surface area contributed by atoms with Crippen LogP contribution in [-0.4, -0.2) is 53.3 Å². The van der Waals surface area contributed by atoms with Crippen LogP contribution in [0.1, 0.15) is 48.3 Å². The smallest absolute Gasteiger partial charge is 0.255 e. The lowest BCUT2D eigenvalue weighted by molar-refractivity contribution is 0.102. The number of rotatable bonds is 10. The van der Waals surface area contributed by atoms with Gasteiger partial charge >= 0.3 is 0 Å². The molecule has 1 atom stereocenters. The zero-order valence-corrected chi connectivity index (χ0v) is 21.5. The second kappa shape index (κ2) is 11.7. The SMILES string of the molecule is Cc1ccc(NC(=O)c2ccnc(C(C)(C)F)c2)cc1-c1cc(NCCO)nc(OC[C@H]2CCCN2)c1. The second-order valence-electron chi connectivity index (χ2n) is 9.72. The van der Waals surface area contributed by atoms with Crippen LogP contribution in [0.25, 0.3) is 11.1 Å². The van der Waals surface area contributed by atoms with E-state index in [9.17, 15) is 14.3 Å². The summed E-state index contributed by atoms with van der Waals surface area (Å²) in [4.78, 5) is 21.5. The molecule has 37 heavy (non-hydrogen) atoms. The van der Waals surface area contributed by atoms with Crippen LogP contribution >= 0.6 is 0 Å². The monoisotopic (exact) mass is 507 g/mol. The van der Waals surface area contributed by atoms with E-state index in [1.165, 1.54) is 26.1 Å². The van der Waals surface area contributed by atoms with Crippen molar-refractivity contribution in [3.8, 4) is 17.0 Å².